The maximum atomic E-state index is 13.3. The van der Waals surface area contributed by atoms with E-state index >= 15 is 0 Å². The third kappa shape index (κ3) is 2.84. The lowest BCUT2D eigenvalue weighted by Gasteiger charge is -2.48. The Labute approximate surface area is 190 Å². The van der Waals surface area contributed by atoms with Crippen molar-refractivity contribution in [1.82, 2.24) is 15.5 Å². The van der Waals surface area contributed by atoms with E-state index in [-0.39, 0.29) is 30.4 Å². The monoisotopic (exact) mass is 458 g/mol. The number of nitrogens with zero attached hydrogens (tertiary/aromatic N) is 3. The number of guanidine groups is 2. The molecule has 4 heterocycles. The van der Waals surface area contributed by atoms with Gasteiger partial charge < -0.3 is 47.7 Å². The molecule has 4 atom stereocenters. The SMILES string of the molecule is CC1(C)CCOc2c(C(=O)NC3CN4C(N)=N[C@@H](CN)[C@@H]5N=C(N)N[C@@]54C3(O)O)cccc21. The molecule has 1 amide bonds. The molecule has 33 heavy (non-hydrogen) atoms. The number of rotatable bonds is 3. The standard InChI is InChI=1S/C21H30N8O4/c1-19(2)6-7-33-14-10(4-3-5-11(14)19)16(30)26-13-9-29-18(24)25-12(8-22)15-20(29,21(13,31)32)28-17(23)27-15/h3-5,12-13,15,31-32H,6-9,22H2,1-2H3,(H2,24,25)(H,26,30)(H3,23,27,28)/t12-,13?,15-,20-/m0/s1. The molecule has 1 aromatic carbocycles. The van der Waals surface area contributed by atoms with E-state index in [9.17, 15) is 15.0 Å². The van der Waals surface area contributed by atoms with Gasteiger partial charge in [0, 0.05) is 18.7 Å². The van der Waals surface area contributed by atoms with Crippen LogP contribution in [0.1, 0.15) is 36.2 Å². The van der Waals surface area contributed by atoms with Crippen molar-refractivity contribution in [2.24, 2.45) is 27.2 Å². The second-order valence-corrected chi connectivity index (χ2v) is 9.67. The molecule has 1 fully saturated rings. The molecule has 5 rings (SSSR count). The summed E-state index contributed by atoms with van der Waals surface area (Å²) in [6.45, 7) is 4.74. The average molecular weight is 459 g/mol. The van der Waals surface area contributed by atoms with Crippen LogP contribution in [0.15, 0.2) is 28.2 Å². The summed E-state index contributed by atoms with van der Waals surface area (Å²) in [6.07, 6.45) is 0.830. The topological polar surface area (TPSA) is 197 Å². The van der Waals surface area contributed by atoms with Gasteiger partial charge in [-0.15, -0.1) is 0 Å². The maximum absolute atomic E-state index is 13.3. The maximum Gasteiger partial charge on any atom is 0.255 e. The van der Waals surface area contributed by atoms with Crippen LogP contribution in [0, 0.1) is 0 Å². The van der Waals surface area contributed by atoms with Crippen LogP contribution in [0.3, 0.4) is 0 Å². The Hall–Kier alpha value is -3.09. The van der Waals surface area contributed by atoms with E-state index < -0.39 is 35.5 Å². The van der Waals surface area contributed by atoms with Gasteiger partial charge >= 0.3 is 0 Å². The fourth-order valence-corrected chi connectivity index (χ4v) is 5.46. The third-order valence-corrected chi connectivity index (χ3v) is 7.31. The number of aliphatic hydroxyl groups is 2. The van der Waals surface area contributed by atoms with Crippen molar-refractivity contribution in [1.29, 1.82) is 0 Å². The Kier molecular flexibility index (Phi) is 4.58. The second-order valence-electron chi connectivity index (χ2n) is 9.67. The van der Waals surface area contributed by atoms with Gasteiger partial charge in [0.1, 0.15) is 17.8 Å². The van der Waals surface area contributed by atoms with Crippen molar-refractivity contribution >= 4 is 17.8 Å². The number of ether oxygens (including phenoxy) is 1. The van der Waals surface area contributed by atoms with Gasteiger partial charge in [0.15, 0.2) is 17.6 Å². The molecule has 12 heteroatoms. The normalized spacial score (nSPS) is 33.0. The molecule has 1 unspecified atom stereocenters. The first-order valence-corrected chi connectivity index (χ1v) is 11.0. The summed E-state index contributed by atoms with van der Waals surface area (Å²) in [7, 11) is 0. The third-order valence-electron chi connectivity index (χ3n) is 7.31. The van der Waals surface area contributed by atoms with E-state index in [1.807, 2.05) is 6.07 Å². The minimum absolute atomic E-state index is 0.0144. The Morgan fingerprint density at radius 3 is 2.82 bits per heavy atom. The summed E-state index contributed by atoms with van der Waals surface area (Å²) in [4.78, 5) is 23.5. The molecule has 4 aliphatic heterocycles. The zero-order valence-corrected chi connectivity index (χ0v) is 18.6. The first kappa shape index (κ1) is 21.7. The van der Waals surface area contributed by atoms with Crippen molar-refractivity contribution in [2.75, 3.05) is 19.7 Å². The number of fused-ring (bicyclic) bond motifs is 1. The number of aliphatic imine (C=N–C) groups is 2. The number of carbonyl (C=O) groups is 1. The molecule has 0 aliphatic carbocycles. The van der Waals surface area contributed by atoms with Crippen LogP contribution in [-0.4, -0.2) is 82.2 Å². The van der Waals surface area contributed by atoms with Gasteiger partial charge in [-0.2, -0.15) is 0 Å². The van der Waals surface area contributed by atoms with Crippen molar-refractivity contribution in [3.05, 3.63) is 29.3 Å². The Bertz CT molecular complexity index is 1070. The number of para-hydroxylation sites is 1. The summed E-state index contributed by atoms with van der Waals surface area (Å²) >= 11 is 0. The lowest BCUT2D eigenvalue weighted by Crippen LogP contribution is -2.78. The quantitative estimate of drug-likeness (QED) is 0.239. The van der Waals surface area contributed by atoms with Crippen LogP contribution in [-0.2, 0) is 5.41 Å². The molecule has 0 bridgehead atoms. The number of carbonyl (C=O) groups excluding carboxylic acids is 1. The highest BCUT2D eigenvalue weighted by atomic mass is 16.5. The molecule has 0 saturated carbocycles. The van der Waals surface area contributed by atoms with E-state index in [2.05, 4.69) is 34.5 Å². The highest BCUT2D eigenvalue weighted by molar-refractivity contribution is 5.98. The largest absolute Gasteiger partial charge is 0.492 e. The van der Waals surface area contributed by atoms with Crippen LogP contribution in [0.5, 0.6) is 5.75 Å². The summed E-state index contributed by atoms with van der Waals surface area (Å²) in [6, 6.07) is 2.84. The van der Waals surface area contributed by atoms with Crippen LogP contribution in [0.4, 0.5) is 0 Å². The number of benzene rings is 1. The molecule has 12 nitrogen and oxygen atoms in total. The van der Waals surface area contributed by atoms with Gasteiger partial charge in [-0.05, 0) is 17.9 Å². The van der Waals surface area contributed by atoms with E-state index in [4.69, 9.17) is 21.9 Å². The van der Waals surface area contributed by atoms with Crippen LogP contribution in [0.25, 0.3) is 0 Å². The minimum Gasteiger partial charge on any atom is -0.492 e. The summed E-state index contributed by atoms with van der Waals surface area (Å²) < 4.78 is 5.85. The smallest absolute Gasteiger partial charge is 0.255 e. The van der Waals surface area contributed by atoms with Gasteiger partial charge in [-0.1, -0.05) is 26.0 Å². The van der Waals surface area contributed by atoms with Gasteiger partial charge in [0.05, 0.1) is 18.2 Å². The molecule has 4 aliphatic rings. The molecule has 0 radical (unpaired) electrons. The number of nitrogens with one attached hydrogen (secondary N) is 2. The Morgan fingerprint density at radius 1 is 1.33 bits per heavy atom. The van der Waals surface area contributed by atoms with Crippen molar-refractivity contribution < 1.29 is 19.7 Å². The molecule has 10 N–H and O–H groups in total. The van der Waals surface area contributed by atoms with Crippen LogP contribution < -0.4 is 32.6 Å². The molecular weight excluding hydrogens is 428 g/mol. The van der Waals surface area contributed by atoms with Crippen molar-refractivity contribution in [2.45, 2.75) is 55.3 Å². The molecule has 178 valence electrons. The summed E-state index contributed by atoms with van der Waals surface area (Å²) in [5.74, 6) is -2.41. The molecule has 0 aromatic heterocycles. The second kappa shape index (κ2) is 6.95. The zero-order valence-electron chi connectivity index (χ0n) is 18.6. The van der Waals surface area contributed by atoms with E-state index in [1.54, 1.807) is 12.1 Å². The molecular formula is C21H30N8O4. The predicted octanol–water partition coefficient (Wildman–Crippen LogP) is -2.52. The van der Waals surface area contributed by atoms with Crippen molar-refractivity contribution in [3.8, 4) is 5.75 Å². The van der Waals surface area contributed by atoms with Gasteiger partial charge in [0.25, 0.3) is 5.91 Å². The molecule has 1 saturated heterocycles. The number of hydrogen-bond donors (Lipinski definition) is 7. The van der Waals surface area contributed by atoms with Crippen LogP contribution >= 0.6 is 0 Å². The van der Waals surface area contributed by atoms with E-state index in [0.717, 1.165) is 12.0 Å². The Morgan fingerprint density at radius 2 is 2.09 bits per heavy atom. The first-order valence-electron chi connectivity index (χ1n) is 11.0. The van der Waals surface area contributed by atoms with Gasteiger partial charge in [0.2, 0.25) is 5.79 Å². The Balaban J connectivity index is 1.49. The number of amides is 1. The lowest BCUT2D eigenvalue weighted by atomic mass is 9.79. The lowest BCUT2D eigenvalue weighted by molar-refractivity contribution is -0.230. The highest BCUT2D eigenvalue weighted by Gasteiger charge is 2.73. The van der Waals surface area contributed by atoms with E-state index in [1.165, 1.54) is 4.90 Å². The summed E-state index contributed by atoms with van der Waals surface area (Å²) in [5.41, 5.74) is 17.4. The highest BCUT2D eigenvalue weighted by Crippen LogP contribution is 2.45. The summed E-state index contributed by atoms with van der Waals surface area (Å²) in [5, 5.41) is 28.4. The fourth-order valence-electron chi connectivity index (χ4n) is 5.46. The molecule has 1 aromatic rings. The van der Waals surface area contributed by atoms with Crippen LogP contribution in [0.2, 0.25) is 0 Å². The van der Waals surface area contributed by atoms with Crippen molar-refractivity contribution in [3.63, 3.8) is 0 Å². The van der Waals surface area contributed by atoms with E-state index in [0.29, 0.717) is 17.9 Å². The first-order chi connectivity index (χ1) is 15.5. The van der Waals surface area contributed by atoms with Gasteiger partial charge in [-0.3, -0.25) is 4.79 Å². The molecule has 1 spiro atoms. The average Bonchev–Trinajstić information content (AvgIpc) is 3.22. The number of nitrogens with two attached hydrogens (primary N) is 3. The fraction of sp³-hybridized carbons (Fsp3) is 0.571. The zero-order chi connectivity index (χ0) is 23.8. The number of hydrogen-bond acceptors (Lipinski definition) is 11. The predicted molar refractivity (Wildman–Crippen MR) is 120 cm³/mol. The van der Waals surface area contributed by atoms with Gasteiger partial charge in [-0.25, -0.2) is 9.98 Å². The minimum atomic E-state index is -2.50.